The van der Waals surface area contributed by atoms with Gasteiger partial charge < -0.3 is 5.41 Å². The van der Waals surface area contributed by atoms with Crippen molar-refractivity contribution in [2.45, 2.75) is 12.3 Å². The van der Waals surface area contributed by atoms with Crippen LogP contribution in [0.15, 0.2) is 61.2 Å². The molecule has 0 aliphatic carbocycles. The summed E-state index contributed by atoms with van der Waals surface area (Å²) in [7, 11) is 0. The van der Waals surface area contributed by atoms with E-state index < -0.39 is 0 Å². The fourth-order valence-electron chi connectivity index (χ4n) is 2.14. The fraction of sp³-hybridized carbons (Fsp3) is 0.118. The van der Waals surface area contributed by atoms with Gasteiger partial charge in [0.2, 0.25) is 0 Å². The molecule has 20 heavy (non-hydrogen) atoms. The quantitative estimate of drug-likeness (QED) is 0.539. The van der Waals surface area contributed by atoms with Crippen LogP contribution in [-0.4, -0.2) is 5.71 Å². The molecule has 0 heterocycles. The number of benzene rings is 2. The Morgan fingerprint density at radius 3 is 2.40 bits per heavy atom. The van der Waals surface area contributed by atoms with Gasteiger partial charge >= 0.3 is 0 Å². The van der Waals surface area contributed by atoms with Gasteiger partial charge in [0.05, 0.1) is 0 Å². The molecule has 1 N–H and O–H groups in total. The minimum atomic E-state index is -0.0487. The first-order chi connectivity index (χ1) is 9.61. The summed E-state index contributed by atoms with van der Waals surface area (Å²) >= 11 is 11.9. The highest BCUT2D eigenvalue weighted by molar-refractivity contribution is 6.31. The van der Waals surface area contributed by atoms with Gasteiger partial charge in [0.1, 0.15) is 0 Å². The molecular formula is C17H15Cl2N. The molecule has 0 spiro atoms. The lowest BCUT2D eigenvalue weighted by molar-refractivity contribution is 0.903. The van der Waals surface area contributed by atoms with Crippen molar-refractivity contribution in [1.29, 1.82) is 5.41 Å². The maximum atomic E-state index is 8.43. The first kappa shape index (κ1) is 14.8. The molecule has 2 aromatic carbocycles. The zero-order valence-corrected chi connectivity index (χ0v) is 12.5. The highest BCUT2D eigenvalue weighted by atomic mass is 35.5. The number of allylic oxidation sites excluding steroid dienone is 1. The molecule has 0 aliphatic rings. The summed E-state index contributed by atoms with van der Waals surface area (Å²) in [6.07, 6.45) is 2.53. The van der Waals surface area contributed by atoms with Crippen molar-refractivity contribution >= 4 is 28.9 Å². The van der Waals surface area contributed by atoms with Crippen molar-refractivity contribution in [3.8, 4) is 0 Å². The van der Waals surface area contributed by atoms with E-state index in [-0.39, 0.29) is 5.92 Å². The number of nitrogens with one attached hydrogen (secondary N) is 1. The Morgan fingerprint density at radius 1 is 1.10 bits per heavy atom. The third-order valence-corrected chi connectivity index (χ3v) is 3.64. The molecule has 0 bridgehead atoms. The van der Waals surface area contributed by atoms with Gasteiger partial charge in [-0.3, -0.25) is 0 Å². The van der Waals surface area contributed by atoms with Crippen LogP contribution in [0.1, 0.15) is 23.5 Å². The average Bonchev–Trinajstić information content (AvgIpc) is 2.45. The summed E-state index contributed by atoms with van der Waals surface area (Å²) in [5.41, 5.74) is 2.43. The van der Waals surface area contributed by atoms with Crippen molar-refractivity contribution in [3.05, 3.63) is 82.4 Å². The average molecular weight is 304 g/mol. The molecule has 0 saturated carbocycles. The smallest absolute Gasteiger partial charge is 0.0464 e. The second kappa shape index (κ2) is 6.74. The zero-order chi connectivity index (χ0) is 14.5. The van der Waals surface area contributed by atoms with Crippen molar-refractivity contribution in [2.24, 2.45) is 0 Å². The molecule has 3 heteroatoms. The molecule has 2 rings (SSSR count). The van der Waals surface area contributed by atoms with E-state index in [1.54, 1.807) is 12.1 Å². The van der Waals surface area contributed by atoms with Crippen LogP contribution in [0.5, 0.6) is 0 Å². The number of hydrogen-bond acceptors (Lipinski definition) is 1. The highest BCUT2D eigenvalue weighted by Gasteiger charge is 2.17. The van der Waals surface area contributed by atoms with Crippen molar-refractivity contribution < 1.29 is 0 Å². The SMILES string of the molecule is C=CC[C@@H](C(=N)c1ccc(Cl)cc1)c1cccc(Cl)c1. The van der Waals surface area contributed by atoms with E-state index in [1.807, 2.05) is 42.5 Å². The van der Waals surface area contributed by atoms with Crippen molar-refractivity contribution in [2.75, 3.05) is 0 Å². The maximum absolute atomic E-state index is 8.43. The lowest BCUT2D eigenvalue weighted by Crippen LogP contribution is -2.12. The second-order valence-corrected chi connectivity index (χ2v) is 5.43. The van der Waals surface area contributed by atoms with Crippen LogP contribution >= 0.6 is 23.2 Å². The van der Waals surface area contributed by atoms with E-state index >= 15 is 0 Å². The predicted molar refractivity (Wildman–Crippen MR) is 87.3 cm³/mol. The Balaban J connectivity index is 2.35. The molecule has 0 unspecified atom stereocenters. The minimum absolute atomic E-state index is 0.0487. The Bertz CT molecular complexity index is 617. The second-order valence-electron chi connectivity index (χ2n) is 4.55. The van der Waals surface area contributed by atoms with Gasteiger partial charge in [-0.05, 0) is 41.8 Å². The minimum Gasteiger partial charge on any atom is -0.304 e. The van der Waals surface area contributed by atoms with Gasteiger partial charge in [-0.15, -0.1) is 6.58 Å². The third-order valence-electron chi connectivity index (χ3n) is 3.16. The van der Waals surface area contributed by atoms with Crippen LogP contribution in [0.3, 0.4) is 0 Å². The van der Waals surface area contributed by atoms with Crippen LogP contribution in [0.25, 0.3) is 0 Å². The summed E-state index contributed by atoms with van der Waals surface area (Å²) in [4.78, 5) is 0. The summed E-state index contributed by atoms with van der Waals surface area (Å²) in [6, 6.07) is 15.0. The van der Waals surface area contributed by atoms with Crippen LogP contribution < -0.4 is 0 Å². The monoisotopic (exact) mass is 303 g/mol. The molecule has 102 valence electrons. The van der Waals surface area contributed by atoms with Gasteiger partial charge in [0.15, 0.2) is 0 Å². The molecule has 1 atom stereocenters. The molecule has 0 aliphatic heterocycles. The maximum Gasteiger partial charge on any atom is 0.0464 e. The van der Waals surface area contributed by atoms with Crippen LogP contribution in [0, 0.1) is 5.41 Å². The van der Waals surface area contributed by atoms with Crippen LogP contribution in [0.4, 0.5) is 0 Å². The Labute approximate surface area is 129 Å². The lowest BCUT2D eigenvalue weighted by Gasteiger charge is -2.17. The normalized spacial score (nSPS) is 11.9. The van der Waals surface area contributed by atoms with E-state index in [2.05, 4.69) is 6.58 Å². The van der Waals surface area contributed by atoms with E-state index in [9.17, 15) is 0 Å². The van der Waals surface area contributed by atoms with Gasteiger partial charge in [0, 0.05) is 21.7 Å². The van der Waals surface area contributed by atoms with Crippen molar-refractivity contribution in [3.63, 3.8) is 0 Å². The van der Waals surface area contributed by atoms with E-state index in [0.29, 0.717) is 22.2 Å². The molecule has 1 nitrogen and oxygen atoms in total. The molecule has 0 radical (unpaired) electrons. The lowest BCUT2D eigenvalue weighted by atomic mass is 9.87. The number of rotatable bonds is 5. The van der Waals surface area contributed by atoms with Crippen molar-refractivity contribution in [1.82, 2.24) is 0 Å². The van der Waals surface area contributed by atoms with Crippen LogP contribution in [-0.2, 0) is 0 Å². The largest absolute Gasteiger partial charge is 0.304 e. The number of halogens is 2. The Morgan fingerprint density at radius 2 is 1.80 bits per heavy atom. The predicted octanol–water partition coefficient (Wildman–Crippen LogP) is 5.72. The standard InChI is InChI=1S/C17H15Cl2N/c1-2-4-16(13-5-3-6-15(19)11-13)17(20)12-7-9-14(18)10-8-12/h2-3,5-11,16,20H,1,4H2/t16-/m1/s1. The van der Waals surface area contributed by atoms with Gasteiger partial charge in [0.25, 0.3) is 0 Å². The van der Waals surface area contributed by atoms with E-state index in [4.69, 9.17) is 28.6 Å². The molecule has 0 fully saturated rings. The van der Waals surface area contributed by atoms with Gasteiger partial charge in [-0.25, -0.2) is 0 Å². The van der Waals surface area contributed by atoms with E-state index in [1.165, 1.54) is 0 Å². The molecular weight excluding hydrogens is 289 g/mol. The summed E-state index contributed by atoms with van der Waals surface area (Å²) < 4.78 is 0. The van der Waals surface area contributed by atoms with Gasteiger partial charge in [-0.2, -0.15) is 0 Å². The Hall–Kier alpha value is -1.57. The molecule has 0 saturated heterocycles. The molecule has 0 aromatic heterocycles. The zero-order valence-electron chi connectivity index (χ0n) is 10.9. The summed E-state index contributed by atoms with van der Waals surface area (Å²) in [6.45, 7) is 3.79. The Kier molecular flexibility index (Phi) is 4.99. The first-order valence-electron chi connectivity index (χ1n) is 6.32. The highest BCUT2D eigenvalue weighted by Crippen LogP contribution is 2.27. The topological polar surface area (TPSA) is 23.9 Å². The third kappa shape index (κ3) is 3.50. The summed E-state index contributed by atoms with van der Waals surface area (Å²) in [5.74, 6) is -0.0487. The molecule has 0 amide bonds. The van der Waals surface area contributed by atoms with Crippen LogP contribution in [0.2, 0.25) is 10.0 Å². The number of hydrogen-bond donors (Lipinski definition) is 1. The molecule has 2 aromatic rings. The summed E-state index contributed by atoms with van der Waals surface area (Å²) in [5, 5.41) is 9.79. The van der Waals surface area contributed by atoms with Gasteiger partial charge in [-0.1, -0.05) is 53.5 Å². The first-order valence-corrected chi connectivity index (χ1v) is 7.08. The fourth-order valence-corrected chi connectivity index (χ4v) is 2.47. The van der Waals surface area contributed by atoms with E-state index in [0.717, 1.165) is 11.1 Å².